The zero-order valence-electron chi connectivity index (χ0n) is 18.4. The van der Waals surface area contributed by atoms with Gasteiger partial charge in [-0.05, 0) is 58.4 Å². The summed E-state index contributed by atoms with van der Waals surface area (Å²) in [6, 6.07) is 14.6. The SMILES string of the molecule is C=Cc1ccc(-c2ccc(-c3nnnn3C[C@@H]3CCN(C(=O)C4CC4)C3)cc2)cc1NC.[HH]. The number of carbonyl (C=O) groups excluding carboxylic acids is 1. The zero-order chi connectivity index (χ0) is 22.1. The van der Waals surface area contributed by atoms with Gasteiger partial charge in [0.25, 0.3) is 0 Å². The van der Waals surface area contributed by atoms with E-state index in [0.29, 0.717) is 11.8 Å². The highest BCUT2D eigenvalue weighted by atomic mass is 16.2. The van der Waals surface area contributed by atoms with Gasteiger partial charge in [0.05, 0.1) is 0 Å². The first-order valence-corrected chi connectivity index (χ1v) is 11.3. The van der Waals surface area contributed by atoms with Gasteiger partial charge in [0.15, 0.2) is 5.82 Å². The van der Waals surface area contributed by atoms with E-state index in [4.69, 9.17) is 0 Å². The molecule has 2 heterocycles. The lowest BCUT2D eigenvalue weighted by atomic mass is 10.0. The van der Waals surface area contributed by atoms with Crippen molar-refractivity contribution in [2.24, 2.45) is 11.8 Å². The third-order valence-electron chi connectivity index (χ3n) is 6.51. The van der Waals surface area contributed by atoms with E-state index < -0.39 is 0 Å². The number of carbonyl (C=O) groups is 1. The van der Waals surface area contributed by atoms with E-state index in [1.54, 1.807) is 0 Å². The Hall–Kier alpha value is -3.48. The van der Waals surface area contributed by atoms with Crippen LogP contribution < -0.4 is 5.32 Å². The largest absolute Gasteiger partial charge is 0.388 e. The molecular weight excluding hydrogens is 400 g/mol. The lowest BCUT2D eigenvalue weighted by molar-refractivity contribution is -0.131. The Balaban J connectivity index is 0.00000259. The van der Waals surface area contributed by atoms with E-state index in [9.17, 15) is 4.79 Å². The van der Waals surface area contributed by atoms with Crippen molar-refractivity contribution in [3.05, 3.63) is 54.6 Å². The summed E-state index contributed by atoms with van der Waals surface area (Å²) in [7, 11) is 1.92. The number of aromatic nitrogens is 4. The second kappa shape index (κ2) is 8.57. The molecule has 1 aromatic heterocycles. The van der Waals surface area contributed by atoms with Crippen molar-refractivity contribution < 1.29 is 6.22 Å². The minimum absolute atomic E-state index is 0. The van der Waals surface area contributed by atoms with Crippen LogP contribution in [0, 0.1) is 11.8 Å². The molecule has 1 aliphatic heterocycles. The number of rotatable bonds is 7. The smallest absolute Gasteiger partial charge is 0.225 e. The fourth-order valence-electron chi connectivity index (χ4n) is 4.49. The first-order chi connectivity index (χ1) is 15.7. The Kier molecular flexibility index (Phi) is 5.47. The molecule has 1 saturated heterocycles. The summed E-state index contributed by atoms with van der Waals surface area (Å²) in [4.78, 5) is 14.4. The molecule has 2 fully saturated rings. The number of amides is 1. The molecule has 3 aromatic rings. The summed E-state index contributed by atoms with van der Waals surface area (Å²) in [6.07, 6.45) is 4.97. The molecular formula is C25H30N6O. The van der Waals surface area contributed by atoms with Crippen LogP contribution in [0.15, 0.2) is 49.0 Å². The van der Waals surface area contributed by atoms with Gasteiger partial charge in [-0.15, -0.1) is 5.10 Å². The molecule has 1 aliphatic carbocycles. The maximum atomic E-state index is 12.3. The molecule has 1 amide bonds. The molecule has 2 aliphatic rings. The molecule has 166 valence electrons. The topological polar surface area (TPSA) is 75.9 Å². The quantitative estimate of drug-likeness (QED) is 0.608. The lowest BCUT2D eigenvalue weighted by Gasteiger charge is -2.16. The highest BCUT2D eigenvalue weighted by molar-refractivity contribution is 5.81. The first kappa shape index (κ1) is 20.4. The Labute approximate surface area is 189 Å². The Morgan fingerprint density at radius 3 is 2.62 bits per heavy atom. The van der Waals surface area contributed by atoms with Crippen molar-refractivity contribution in [2.75, 3.05) is 25.5 Å². The van der Waals surface area contributed by atoms with E-state index in [1.165, 1.54) is 0 Å². The monoisotopic (exact) mass is 430 g/mol. The Bertz CT molecular complexity index is 1140. The number of nitrogens with one attached hydrogen (secondary N) is 1. The standard InChI is InChI=1S/C25H28N6O.H2/c1-3-18-4-11-22(14-23(18)26-2)19-5-7-20(8-6-19)24-27-28-29-31(24)16-17-12-13-30(15-17)25(32)21-9-10-21;/h3-8,11,14,17,21,26H,1,9-10,12-13,15-16H2,2H3;1H/t17-;/m1./s1. The molecule has 0 spiro atoms. The first-order valence-electron chi connectivity index (χ1n) is 11.3. The van der Waals surface area contributed by atoms with Crippen LogP contribution in [0.4, 0.5) is 5.69 Å². The molecule has 5 rings (SSSR count). The van der Waals surface area contributed by atoms with Crippen LogP contribution in [0.2, 0.25) is 0 Å². The minimum atomic E-state index is 0. The molecule has 0 unspecified atom stereocenters. The molecule has 0 bridgehead atoms. The third kappa shape index (κ3) is 4.02. The highest BCUT2D eigenvalue weighted by Crippen LogP contribution is 2.33. The van der Waals surface area contributed by atoms with E-state index >= 15 is 0 Å². The number of hydrogen-bond donors (Lipinski definition) is 1. The maximum Gasteiger partial charge on any atom is 0.225 e. The van der Waals surface area contributed by atoms with Gasteiger partial charge < -0.3 is 10.2 Å². The molecule has 7 nitrogen and oxygen atoms in total. The van der Waals surface area contributed by atoms with Gasteiger partial charge in [-0.3, -0.25) is 4.79 Å². The summed E-state index contributed by atoms with van der Waals surface area (Å²) < 4.78 is 1.88. The van der Waals surface area contributed by atoms with Crippen LogP contribution >= 0.6 is 0 Å². The molecule has 7 heteroatoms. The van der Waals surface area contributed by atoms with Crippen LogP contribution in [-0.4, -0.2) is 51.2 Å². The zero-order valence-corrected chi connectivity index (χ0v) is 18.4. The van der Waals surface area contributed by atoms with Crippen LogP contribution in [0.3, 0.4) is 0 Å². The molecule has 1 N–H and O–H groups in total. The molecule has 0 radical (unpaired) electrons. The van der Waals surface area contributed by atoms with Gasteiger partial charge in [0, 0.05) is 45.3 Å². The van der Waals surface area contributed by atoms with Gasteiger partial charge in [-0.2, -0.15) is 0 Å². The number of hydrogen-bond acceptors (Lipinski definition) is 5. The van der Waals surface area contributed by atoms with Gasteiger partial charge in [-0.25, -0.2) is 4.68 Å². The molecule has 2 aromatic carbocycles. The number of tetrazole rings is 1. The van der Waals surface area contributed by atoms with Gasteiger partial charge in [0.1, 0.15) is 0 Å². The Morgan fingerprint density at radius 2 is 1.91 bits per heavy atom. The van der Waals surface area contributed by atoms with Crippen LogP contribution in [0.1, 0.15) is 26.3 Å². The minimum Gasteiger partial charge on any atom is -0.388 e. The van der Waals surface area contributed by atoms with Crippen molar-refractivity contribution >= 4 is 17.7 Å². The molecule has 1 atom stereocenters. The average Bonchev–Trinajstić information content (AvgIpc) is 3.41. The third-order valence-corrected chi connectivity index (χ3v) is 6.51. The number of anilines is 1. The number of likely N-dealkylation sites (tertiary alicyclic amines) is 1. The summed E-state index contributed by atoms with van der Waals surface area (Å²) in [5, 5.41) is 15.6. The number of nitrogens with zero attached hydrogens (tertiary/aromatic N) is 5. The van der Waals surface area contributed by atoms with Gasteiger partial charge in [0.2, 0.25) is 5.91 Å². The highest BCUT2D eigenvalue weighted by Gasteiger charge is 2.36. The van der Waals surface area contributed by atoms with Crippen molar-refractivity contribution in [1.29, 1.82) is 0 Å². The van der Waals surface area contributed by atoms with Crippen molar-refractivity contribution in [3.63, 3.8) is 0 Å². The summed E-state index contributed by atoms with van der Waals surface area (Å²) >= 11 is 0. The fourth-order valence-corrected chi connectivity index (χ4v) is 4.49. The van der Waals surface area contributed by atoms with E-state index in [-0.39, 0.29) is 7.34 Å². The Morgan fingerprint density at radius 1 is 1.16 bits per heavy atom. The second-order valence-electron chi connectivity index (χ2n) is 8.73. The van der Waals surface area contributed by atoms with E-state index in [2.05, 4.69) is 69.9 Å². The van der Waals surface area contributed by atoms with E-state index in [1.807, 2.05) is 22.7 Å². The fraction of sp³-hybridized carbons (Fsp3) is 0.360. The predicted molar refractivity (Wildman–Crippen MR) is 128 cm³/mol. The van der Waals surface area contributed by atoms with E-state index in [0.717, 1.165) is 72.7 Å². The van der Waals surface area contributed by atoms with Crippen molar-refractivity contribution in [2.45, 2.75) is 25.8 Å². The summed E-state index contributed by atoms with van der Waals surface area (Å²) in [6.45, 7) is 6.26. The molecule has 32 heavy (non-hydrogen) atoms. The average molecular weight is 431 g/mol. The predicted octanol–water partition coefficient (Wildman–Crippen LogP) is 4.20. The van der Waals surface area contributed by atoms with Crippen LogP contribution in [0.25, 0.3) is 28.6 Å². The lowest BCUT2D eigenvalue weighted by Crippen LogP contribution is -2.30. The van der Waals surface area contributed by atoms with Crippen LogP contribution in [0.5, 0.6) is 0 Å². The normalized spacial score (nSPS) is 18.0. The van der Waals surface area contributed by atoms with Crippen LogP contribution in [-0.2, 0) is 11.3 Å². The maximum absolute atomic E-state index is 12.3. The van der Waals surface area contributed by atoms with Gasteiger partial charge >= 0.3 is 0 Å². The summed E-state index contributed by atoms with van der Waals surface area (Å²) in [5.41, 5.74) is 5.38. The number of benzene rings is 2. The van der Waals surface area contributed by atoms with Gasteiger partial charge in [-0.1, -0.05) is 49.1 Å². The summed E-state index contributed by atoms with van der Waals surface area (Å²) in [5.74, 6) is 1.78. The van der Waals surface area contributed by atoms with Crippen molar-refractivity contribution in [3.8, 4) is 22.5 Å². The second-order valence-corrected chi connectivity index (χ2v) is 8.73. The molecule has 1 saturated carbocycles. The van der Waals surface area contributed by atoms with Crippen molar-refractivity contribution in [1.82, 2.24) is 25.1 Å².